The average molecular weight is 524 g/mol. The van der Waals surface area contributed by atoms with E-state index in [2.05, 4.69) is 35.7 Å². The summed E-state index contributed by atoms with van der Waals surface area (Å²) < 4.78 is 49.7. The predicted molar refractivity (Wildman–Crippen MR) is 140 cm³/mol. The first-order valence-corrected chi connectivity index (χ1v) is 12.7. The summed E-state index contributed by atoms with van der Waals surface area (Å²) in [6, 6.07) is 17.6. The zero-order valence-corrected chi connectivity index (χ0v) is 20.6. The normalized spacial score (nSPS) is 15.2. The Morgan fingerprint density at radius 2 is 1.59 bits per heavy atom. The van der Waals surface area contributed by atoms with Gasteiger partial charge in [-0.05, 0) is 53.6 Å². The Labute approximate surface area is 215 Å². The lowest BCUT2D eigenvalue weighted by molar-refractivity contribution is -0.137. The maximum atomic E-state index is 13.1. The van der Waals surface area contributed by atoms with Gasteiger partial charge in [0.05, 0.1) is 34.9 Å². The van der Waals surface area contributed by atoms with E-state index in [0.29, 0.717) is 5.56 Å². The molecule has 5 aromatic rings. The van der Waals surface area contributed by atoms with Crippen LogP contribution < -0.4 is 10.6 Å². The smallest absolute Gasteiger partial charge is 0.369 e. The largest absolute Gasteiger partial charge is 0.416 e. The lowest BCUT2D eigenvalue weighted by Gasteiger charge is -2.36. The number of benzene rings is 3. The summed E-state index contributed by atoms with van der Waals surface area (Å²) in [5.74, 6) is 0.283. The molecule has 0 amide bonds. The quantitative estimate of drug-likeness (QED) is 0.349. The standard InChI is InChI=1S/C26H24F3N7S/c27-26(28,29)19-3-1-2-17(12-19)16-36-24-7-4-18(13-23(24)31-25(36)30)15-34-8-10-35(11-9-34)20-5-6-21-22(14-20)33-37-32-21/h1-7,12-14H,8-11,15-16H2,(H2,30,31). The van der Waals surface area contributed by atoms with Crippen LogP contribution in [0.3, 0.4) is 0 Å². The molecular weight excluding hydrogens is 499 g/mol. The summed E-state index contributed by atoms with van der Waals surface area (Å²) in [6.07, 6.45) is -4.38. The van der Waals surface area contributed by atoms with Crippen molar-refractivity contribution in [3.63, 3.8) is 0 Å². The molecule has 0 aliphatic carbocycles. The second-order valence-corrected chi connectivity index (χ2v) is 9.81. The zero-order valence-electron chi connectivity index (χ0n) is 19.8. The number of hydrogen-bond acceptors (Lipinski definition) is 7. The van der Waals surface area contributed by atoms with Crippen molar-refractivity contribution < 1.29 is 13.2 Å². The van der Waals surface area contributed by atoms with E-state index in [9.17, 15) is 13.2 Å². The minimum Gasteiger partial charge on any atom is -0.369 e. The van der Waals surface area contributed by atoms with Crippen LogP contribution in [0.1, 0.15) is 16.7 Å². The number of imidazole rings is 1. The Balaban J connectivity index is 1.13. The molecule has 0 radical (unpaired) electrons. The van der Waals surface area contributed by atoms with E-state index in [1.165, 1.54) is 23.5 Å². The SMILES string of the molecule is Nc1nc2cc(CN3CCN(c4ccc5nsnc5c4)CC3)ccc2n1Cc1cccc(C(F)(F)F)c1. The fraction of sp³-hybridized carbons (Fsp3) is 0.269. The highest BCUT2D eigenvalue weighted by atomic mass is 32.1. The van der Waals surface area contributed by atoms with Gasteiger partial charge in [0.1, 0.15) is 11.0 Å². The van der Waals surface area contributed by atoms with Crippen molar-refractivity contribution in [1.29, 1.82) is 0 Å². The van der Waals surface area contributed by atoms with Crippen LogP contribution in [0.15, 0.2) is 60.7 Å². The lowest BCUT2D eigenvalue weighted by atomic mass is 10.1. The van der Waals surface area contributed by atoms with Crippen molar-refractivity contribution in [2.24, 2.45) is 0 Å². The molecule has 1 saturated heterocycles. The van der Waals surface area contributed by atoms with Gasteiger partial charge in [-0.25, -0.2) is 4.98 Å². The molecule has 1 aliphatic heterocycles. The summed E-state index contributed by atoms with van der Waals surface area (Å²) in [4.78, 5) is 9.26. The van der Waals surface area contributed by atoms with Gasteiger partial charge in [-0.1, -0.05) is 18.2 Å². The van der Waals surface area contributed by atoms with Crippen LogP contribution in [0.4, 0.5) is 24.8 Å². The van der Waals surface area contributed by atoms with E-state index in [0.717, 1.165) is 72.5 Å². The summed E-state index contributed by atoms with van der Waals surface area (Å²) in [6.45, 7) is 4.71. The molecule has 0 atom stereocenters. The molecule has 2 N–H and O–H groups in total. The number of anilines is 2. The zero-order chi connectivity index (χ0) is 25.6. The topological polar surface area (TPSA) is 76.1 Å². The molecule has 1 fully saturated rings. The van der Waals surface area contributed by atoms with Crippen molar-refractivity contribution in [1.82, 2.24) is 23.2 Å². The number of rotatable bonds is 5. The van der Waals surface area contributed by atoms with E-state index >= 15 is 0 Å². The van der Waals surface area contributed by atoms with Gasteiger partial charge in [-0.3, -0.25) is 4.90 Å². The molecule has 0 saturated carbocycles. The lowest BCUT2D eigenvalue weighted by Crippen LogP contribution is -2.45. The molecule has 0 unspecified atom stereocenters. The molecule has 0 bridgehead atoms. The first-order valence-electron chi connectivity index (χ1n) is 11.9. The summed E-state index contributed by atoms with van der Waals surface area (Å²) in [5.41, 5.74) is 11.7. The van der Waals surface area contributed by atoms with Crippen LogP contribution in [0.5, 0.6) is 0 Å². The Kier molecular flexibility index (Phi) is 5.96. The third-order valence-corrected chi connectivity index (χ3v) is 7.37. The minimum absolute atomic E-state index is 0.219. The van der Waals surface area contributed by atoms with Gasteiger partial charge < -0.3 is 15.2 Å². The molecule has 3 aromatic carbocycles. The molecule has 7 nitrogen and oxygen atoms in total. The van der Waals surface area contributed by atoms with Crippen molar-refractivity contribution in [2.45, 2.75) is 19.3 Å². The first-order chi connectivity index (χ1) is 17.8. The summed E-state index contributed by atoms with van der Waals surface area (Å²) in [5, 5.41) is 0. The Bertz CT molecular complexity index is 1570. The number of hydrogen-bond donors (Lipinski definition) is 1. The van der Waals surface area contributed by atoms with Gasteiger partial charge in [0.15, 0.2) is 0 Å². The molecule has 0 spiro atoms. The summed E-state index contributed by atoms with van der Waals surface area (Å²) >= 11 is 1.23. The third-order valence-electron chi connectivity index (χ3n) is 6.82. The van der Waals surface area contributed by atoms with Gasteiger partial charge in [0.2, 0.25) is 5.95 Å². The molecule has 2 aromatic heterocycles. The van der Waals surface area contributed by atoms with Gasteiger partial charge >= 0.3 is 6.18 Å². The number of fused-ring (bicyclic) bond motifs is 2. The Morgan fingerprint density at radius 3 is 2.41 bits per heavy atom. The van der Waals surface area contributed by atoms with Crippen LogP contribution in [0.2, 0.25) is 0 Å². The van der Waals surface area contributed by atoms with E-state index in [-0.39, 0.29) is 12.5 Å². The number of halogens is 3. The van der Waals surface area contributed by atoms with Gasteiger partial charge in [-0.2, -0.15) is 21.9 Å². The van der Waals surface area contributed by atoms with E-state index in [1.807, 2.05) is 24.3 Å². The Morgan fingerprint density at radius 1 is 0.811 bits per heavy atom. The number of nitrogen functional groups attached to an aromatic ring is 1. The van der Waals surface area contributed by atoms with Crippen LogP contribution in [-0.2, 0) is 19.3 Å². The molecule has 11 heteroatoms. The van der Waals surface area contributed by atoms with E-state index in [4.69, 9.17) is 5.73 Å². The van der Waals surface area contributed by atoms with Crippen LogP contribution in [0.25, 0.3) is 22.1 Å². The van der Waals surface area contributed by atoms with E-state index in [1.54, 1.807) is 10.6 Å². The number of nitrogens with zero attached hydrogens (tertiary/aromatic N) is 6. The van der Waals surface area contributed by atoms with Gasteiger partial charge in [0, 0.05) is 38.4 Å². The number of nitrogens with two attached hydrogens (primary N) is 1. The molecule has 6 rings (SSSR count). The second-order valence-electron chi connectivity index (χ2n) is 9.28. The monoisotopic (exact) mass is 523 g/mol. The van der Waals surface area contributed by atoms with Crippen molar-refractivity contribution in [3.05, 3.63) is 77.4 Å². The second kappa shape index (κ2) is 9.31. The fourth-order valence-electron chi connectivity index (χ4n) is 4.88. The molecular formula is C26H24F3N7S. The maximum Gasteiger partial charge on any atom is 0.416 e. The Hall–Kier alpha value is -3.70. The van der Waals surface area contributed by atoms with Gasteiger partial charge in [-0.15, -0.1) is 0 Å². The van der Waals surface area contributed by atoms with E-state index < -0.39 is 11.7 Å². The maximum absolute atomic E-state index is 13.1. The highest BCUT2D eigenvalue weighted by molar-refractivity contribution is 7.00. The molecule has 1 aliphatic rings. The number of aromatic nitrogens is 4. The number of alkyl halides is 3. The molecule has 190 valence electrons. The van der Waals surface area contributed by atoms with Crippen LogP contribution >= 0.6 is 11.7 Å². The third kappa shape index (κ3) is 4.84. The summed E-state index contributed by atoms with van der Waals surface area (Å²) in [7, 11) is 0. The van der Waals surface area contributed by atoms with Gasteiger partial charge in [0.25, 0.3) is 0 Å². The van der Waals surface area contributed by atoms with Crippen molar-refractivity contribution in [3.8, 4) is 0 Å². The highest BCUT2D eigenvalue weighted by Crippen LogP contribution is 2.30. The highest BCUT2D eigenvalue weighted by Gasteiger charge is 2.30. The predicted octanol–water partition coefficient (Wildman–Crippen LogP) is 5.01. The molecule has 37 heavy (non-hydrogen) atoms. The van der Waals surface area contributed by atoms with Crippen molar-refractivity contribution in [2.75, 3.05) is 36.8 Å². The van der Waals surface area contributed by atoms with Crippen LogP contribution in [-0.4, -0.2) is 49.4 Å². The average Bonchev–Trinajstić information content (AvgIpc) is 3.47. The number of piperazine rings is 1. The first kappa shape index (κ1) is 23.7. The van der Waals surface area contributed by atoms with Crippen molar-refractivity contribution >= 4 is 45.4 Å². The molecule has 3 heterocycles. The fourth-order valence-corrected chi connectivity index (χ4v) is 5.39. The minimum atomic E-state index is -4.38. The van der Waals surface area contributed by atoms with Crippen LogP contribution in [0, 0.1) is 0 Å².